The van der Waals surface area contributed by atoms with E-state index in [1.165, 1.54) is 26.0 Å². The molecule has 0 saturated carbocycles. The van der Waals surface area contributed by atoms with Crippen molar-refractivity contribution < 1.29 is 23.8 Å². The Kier molecular flexibility index (Phi) is 5.66. The van der Waals surface area contributed by atoms with E-state index in [1.807, 2.05) is 0 Å². The molecule has 1 aromatic carbocycles. The van der Waals surface area contributed by atoms with Crippen molar-refractivity contribution in [2.45, 2.75) is 6.92 Å². The van der Waals surface area contributed by atoms with Crippen molar-refractivity contribution in [3.8, 4) is 11.4 Å². The van der Waals surface area contributed by atoms with Gasteiger partial charge in [-0.25, -0.2) is 9.59 Å². The lowest BCUT2D eigenvalue weighted by atomic mass is 10.2. The van der Waals surface area contributed by atoms with Crippen molar-refractivity contribution in [3.05, 3.63) is 35.8 Å². The second-order valence-electron chi connectivity index (χ2n) is 4.76. The van der Waals surface area contributed by atoms with Crippen LogP contribution in [0.5, 0.6) is 5.75 Å². The van der Waals surface area contributed by atoms with Gasteiger partial charge in [0.25, 0.3) is 0 Å². The van der Waals surface area contributed by atoms with Crippen molar-refractivity contribution >= 4 is 17.6 Å². The third kappa shape index (κ3) is 4.31. The Hall–Kier alpha value is -3.43. The molecule has 132 valence electrons. The van der Waals surface area contributed by atoms with Crippen LogP contribution < -0.4 is 10.1 Å². The minimum atomic E-state index is -0.728. The van der Waals surface area contributed by atoms with Gasteiger partial charge in [0, 0.05) is 17.8 Å². The molecule has 10 heteroatoms. The number of tetrazole rings is 1. The number of methoxy groups -OCH3 is 3. The molecule has 0 aliphatic rings. The lowest BCUT2D eigenvalue weighted by Gasteiger charge is -2.12. The fourth-order valence-corrected chi connectivity index (χ4v) is 1.95. The summed E-state index contributed by atoms with van der Waals surface area (Å²) in [5, 5.41) is 14.1. The zero-order valence-electron chi connectivity index (χ0n) is 14.1. The summed E-state index contributed by atoms with van der Waals surface area (Å²) in [4.78, 5) is 23.3. The van der Waals surface area contributed by atoms with Gasteiger partial charge in [-0.05, 0) is 23.4 Å². The van der Waals surface area contributed by atoms with Gasteiger partial charge in [0.15, 0.2) is 5.82 Å². The molecule has 10 nitrogen and oxygen atoms in total. The summed E-state index contributed by atoms with van der Waals surface area (Å²) in [6.07, 6.45) is 0.993. The van der Waals surface area contributed by atoms with Crippen LogP contribution in [-0.2, 0) is 19.1 Å². The number of nitrogens with zero attached hydrogens (tertiary/aromatic N) is 4. The van der Waals surface area contributed by atoms with Gasteiger partial charge in [0.2, 0.25) is 0 Å². The molecule has 0 aliphatic heterocycles. The van der Waals surface area contributed by atoms with E-state index in [-0.39, 0.29) is 5.70 Å². The standard InChI is InChI=1S/C15H17N5O5/c1-9-17-18-19-20(9)11-5-10(6-12(7-11)23-2)16-13(15(22)25-4)8-14(21)24-3/h5-8,16H,1-4H3/b13-8+. The van der Waals surface area contributed by atoms with Crippen molar-refractivity contribution in [1.29, 1.82) is 0 Å². The topological polar surface area (TPSA) is 117 Å². The largest absolute Gasteiger partial charge is 0.497 e. The van der Waals surface area contributed by atoms with Gasteiger partial charge in [-0.2, -0.15) is 4.68 Å². The summed E-state index contributed by atoms with van der Waals surface area (Å²) in [5.74, 6) is -0.365. The molecule has 0 atom stereocenters. The highest BCUT2D eigenvalue weighted by Gasteiger charge is 2.15. The Bertz CT molecular complexity index is 814. The molecule has 0 saturated heterocycles. The van der Waals surface area contributed by atoms with Crippen LogP contribution in [-0.4, -0.2) is 53.5 Å². The molecule has 0 amide bonds. The predicted octanol–water partition coefficient (Wildman–Crippen LogP) is 0.621. The third-order valence-corrected chi connectivity index (χ3v) is 3.14. The summed E-state index contributed by atoms with van der Waals surface area (Å²) in [6, 6.07) is 5.04. The van der Waals surface area contributed by atoms with E-state index in [0.717, 1.165) is 6.08 Å². The molecule has 2 aromatic rings. The van der Waals surface area contributed by atoms with Crippen LogP contribution in [0.2, 0.25) is 0 Å². The summed E-state index contributed by atoms with van der Waals surface area (Å²) < 4.78 is 16.0. The number of anilines is 1. The summed E-state index contributed by atoms with van der Waals surface area (Å²) in [5.41, 5.74) is 0.971. The Labute approximate surface area is 143 Å². The number of hydrogen-bond donors (Lipinski definition) is 1. The highest BCUT2D eigenvalue weighted by Crippen LogP contribution is 2.24. The Balaban J connectivity index is 2.43. The van der Waals surface area contributed by atoms with E-state index >= 15 is 0 Å². The maximum absolute atomic E-state index is 11.9. The lowest BCUT2D eigenvalue weighted by molar-refractivity contribution is -0.138. The van der Waals surface area contributed by atoms with Gasteiger partial charge in [0.05, 0.1) is 33.1 Å². The van der Waals surface area contributed by atoms with Gasteiger partial charge in [0.1, 0.15) is 11.4 Å². The highest BCUT2D eigenvalue weighted by atomic mass is 16.5. The van der Waals surface area contributed by atoms with Crippen molar-refractivity contribution in [2.75, 3.05) is 26.6 Å². The molecule has 1 heterocycles. The zero-order chi connectivity index (χ0) is 18.4. The van der Waals surface area contributed by atoms with Gasteiger partial charge in [-0.15, -0.1) is 5.10 Å². The summed E-state index contributed by atoms with van der Waals surface area (Å²) >= 11 is 0. The maximum Gasteiger partial charge on any atom is 0.354 e. The molecule has 0 spiro atoms. The molecule has 0 radical (unpaired) electrons. The van der Waals surface area contributed by atoms with E-state index in [9.17, 15) is 9.59 Å². The van der Waals surface area contributed by atoms with E-state index in [0.29, 0.717) is 22.9 Å². The summed E-state index contributed by atoms with van der Waals surface area (Å²) in [7, 11) is 3.91. The molecule has 2 rings (SSSR count). The molecule has 25 heavy (non-hydrogen) atoms. The Morgan fingerprint density at radius 1 is 1.16 bits per heavy atom. The summed E-state index contributed by atoms with van der Waals surface area (Å²) in [6.45, 7) is 1.74. The van der Waals surface area contributed by atoms with Gasteiger partial charge in [-0.1, -0.05) is 0 Å². The van der Waals surface area contributed by atoms with E-state index in [1.54, 1.807) is 25.1 Å². The number of carbonyl (C=O) groups excluding carboxylic acids is 2. The lowest BCUT2D eigenvalue weighted by Crippen LogP contribution is -2.15. The Morgan fingerprint density at radius 3 is 2.48 bits per heavy atom. The molecule has 1 aromatic heterocycles. The number of esters is 2. The van der Waals surface area contributed by atoms with Crippen LogP contribution in [0.3, 0.4) is 0 Å². The minimum Gasteiger partial charge on any atom is -0.497 e. The minimum absolute atomic E-state index is 0.0954. The normalized spacial score (nSPS) is 11.0. The monoisotopic (exact) mass is 347 g/mol. The number of rotatable bonds is 6. The molecule has 0 fully saturated rings. The van der Waals surface area contributed by atoms with Crippen LogP contribution in [0, 0.1) is 6.92 Å². The van der Waals surface area contributed by atoms with Crippen LogP contribution in [0.4, 0.5) is 5.69 Å². The number of benzene rings is 1. The molecule has 0 unspecified atom stereocenters. The molecular weight excluding hydrogens is 330 g/mol. The molecule has 0 bridgehead atoms. The first-order valence-electron chi connectivity index (χ1n) is 7.08. The van der Waals surface area contributed by atoms with E-state index in [4.69, 9.17) is 4.74 Å². The highest BCUT2D eigenvalue weighted by molar-refractivity contribution is 5.98. The Morgan fingerprint density at radius 2 is 1.92 bits per heavy atom. The van der Waals surface area contributed by atoms with E-state index in [2.05, 4.69) is 30.3 Å². The first-order chi connectivity index (χ1) is 12.0. The second kappa shape index (κ2) is 7.90. The number of ether oxygens (including phenoxy) is 3. The number of hydrogen-bond acceptors (Lipinski definition) is 9. The van der Waals surface area contributed by atoms with E-state index < -0.39 is 11.9 Å². The SMILES string of the molecule is COC(=O)/C=C(/Nc1cc(OC)cc(-n2nnnc2C)c1)C(=O)OC. The zero-order valence-corrected chi connectivity index (χ0v) is 14.1. The molecule has 1 N–H and O–H groups in total. The van der Waals surface area contributed by atoms with Gasteiger partial charge < -0.3 is 19.5 Å². The van der Waals surface area contributed by atoms with Gasteiger partial charge in [-0.3, -0.25) is 0 Å². The fourth-order valence-electron chi connectivity index (χ4n) is 1.95. The van der Waals surface area contributed by atoms with Crippen LogP contribution in [0.25, 0.3) is 5.69 Å². The smallest absolute Gasteiger partial charge is 0.354 e. The van der Waals surface area contributed by atoms with Crippen LogP contribution in [0.15, 0.2) is 30.0 Å². The van der Waals surface area contributed by atoms with Gasteiger partial charge >= 0.3 is 11.9 Å². The number of carbonyl (C=O) groups is 2. The molecule has 0 aliphatic carbocycles. The quantitative estimate of drug-likeness (QED) is 0.592. The number of nitrogens with one attached hydrogen (secondary N) is 1. The van der Waals surface area contributed by atoms with Crippen LogP contribution >= 0.6 is 0 Å². The second-order valence-corrected chi connectivity index (χ2v) is 4.76. The average Bonchev–Trinajstić information content (AvgIpc) is 3.05. The van der Waals surface area contributed by atoms with Crippen LogP contribution in [0.1, 0.15) is 5.82 Å². The third-order valence-electron chi connectivity index (χ3n) is 3.14. The predicted molar refractivity (Wildman–Crippen MR) is 86.2 cm³/mol. The fraction of sp³-hybridized carbons (Fsp3) is 0.267. The maximum atomic E-state index is 11.9. The van der Waals surface area contributed by atoms with Crippen molar-refractivity contribution in [1.82, 2.24) is 20.2 Å². The average molecular weight is 347 g/mol. The van der Waals surface area contributed by atoms with Crippen molar-refractivity contribution in [3.63, 3.8) is 0 Å². The number of aryl methyl sites for hydroxylation is 1. The number of aromatic nitrogens is 4. The van der Waals surface area contributed by atoms with Crippen molar-refractivity contribution in [2.24, 2.45) is 0 Å². The first kappa shape index (κ1) is 17.9. The first-order valence-corrected chi connectivity index (χ1v) is 7.08. The molecular formula is C15H17N5O5.